The monoisotopic (exact) mass is 362 g/mol. The molecular weight excluding hydrogens is 344 g/mol. The normalized spacial score (nSPS) is 25.6. The first kappa shape index (κ1) is 16.0. The van der Waals surface area contributed by atoms with E-state index in [-0.39, 0.29) is 5.91 Å². The molecule has 2 N–H and O–H groups in total. The molecule has 126 valence electrons. The summed E-state index contributed by atoms with van der Waals surface area (Å²) in [4.78, 5) is 12.3. The van der Waals surface area contributed by atoms with Crippen molar-refractivity contribution in [3.05, 3.63) is 29.3 Å². The van der Waals surface area contributed by atoms with Crippen molar-refractivity contribution in [2.24, 2.45) is 5.92 Å². The molecule has 0 radical (unpaired) electrons. The predicted molar refractivity (Wildman–Crippen MR) is 96.3 cm³/mol. The number of nitrogens with zero attached hydrogens (tertiary/aromatic N) is 2. The standard InChI is InChI=1S/C17H19ClN4OS/c18-12-3-1-2-11(9-12)16-21-22-17(24-16)20-15(23)8-10-6-13-4-5-14(7-10)19-13/h1-3,9-10,13-14,19H,4-8H2,(H,20,22,23). The summed E-state index contributed by atoms with van der Waals surface area (Å²) in [5.41, 5.74) is 0.912. The highest BCUT2D eigenvalue weighted by Gasteiger charge is 2.34. The average Bonchev–Trinajstić information content (AvgIpc) is 3.14. The van der Waals surface area contributed by atoms with Crippen LogP contribution in [0.4, 0.5) is 5.13 Å². The summed E-state index contributed by atoms with van der Waals surface area (Å²) in [6, 6.07) is 8.69. The number of carbonyl (C=O) groups is 1. The van der Waals surface area contributed by atoms with E-state index in [1.165, 1.54) is 24.2 Å². The van der Waals surface area contributed by atoms with Crippen molar-refractivity contribution in [3.63, 3.8) is 0 Å². The Labute approximate surface area is 149 Å². The van der Waals surface area contributed by atoms with E-state index in [1.807, 2.05) is 24.3 Å². The van der Waals surface area contributed by atoms with Crippen molar-refractivity contribution in [3.8, 4) is 10.6 Å². The number of amides is 1. The van der Waals surface area contributed by atoms with Crippen molar-refractivity contribution < 1.29 is 4.79 Å². The molecule has 1 aromatic carbocycles. The molecule has 0 spiro atoms. The zero-order valence-electron chi connectivity index (χ0n) is 13.2. The number of halogens is 1. The topological polar surface area (TPSA) is 66.9 Å². The Hall–Kier alpha value is -1.50. The maximum Gasteiger partial charge on any atom is 0.226 e. The van der Waals surface area contributed by atoms with E-state index < -0.39 is 0 Å². The van der Waals surface area contributed by atoms with E-state index in [0.29, 0.717) is 34.6 Å². The van der Waals surface area contributed by atoms with Gasteiger partial charge in [-0.25, -0.2) is 0 Å². The lowest BCUT2D eigenvalue weighted by Crippen LogP contribution is -2.39. The van der Waals surface area contributed by atoms with E-state index in [1.54, 1.807) is 0 Å². The second-order valence-corrected chi connectivity index (χ2v) is 8.06. The Morgan fingerprint density at radius 1 is 1.29 bits per heavy atom. The number of aromatic nitrogens is 2. The molecule has 7 heteroatoms. The van der Waals surface area contributed by atoms with Crippen LogP contribution in [0.1, 0.15) is 32.1 Å². The van der Waals surface area contributed by atoms with Gasteiger partial charge in [-0.05, 0) is 43.7 Å². The van der Waals surface area contributed by atoms with Gasteiger partial charge >= 0.3 is 0 Å². The molecule has 3 heterocycles. The van der Waals surface area contributed by atoms with E-state index in [9.17, 15) is 4.79 Å². The van der Waals surface area contributed by atoms with Crippen LogP contribution in [0.15, 0.2) is 24.3 Å². The number of hydrogen-bond acceptors (Lipinski definition) is 5. The van der Waals surface area contributed by atoms with Gasteiger partial charge in [0.15, 0.2) is 0 Å². The highest BCUT2D eigenvalue weighted by atomic mass is 35.5. The van der Waals surface area contributed by atoms with Crippen molar-refractivity contribution in [1.29, 1.82) is 0 Å². The largest absolute Gasteiger partial charge is 0.311 e. The summed E-state index contributed by atoms with van der Waals surface area (Å²) in [5.74, 6) is 0.513. The Balaban J connectivity index is 1.36. The van der Waals surface area contributed by atoms with Crippen molar-refractivity contribution in [2.45, 2.75) is 44.2 Å². The number of anilines is 1. The molecule has 2 aromatic rings. The molecule has 2 aliphatic rings. The first-order chi connectivity index (χ1) is 11.7. The minimum Gasteiger partial charge on any atom is -0.311 e. The van der Waals surface area contributed by atoms with Crippen LogP contribution in [0.5, 0.6) is 0 Å². The fourth-order valence-corrected chi connectivity index (χ4v) is 4.73. The molecule has 4 rings (SSSR count). The van der Waals surface area contributed by atoms with Crippen molar-refractivity contribution in [2.75, 3.05) is 5.32 Å². The molecule has 1 amide bonds. The van der Waals surface area contributed by atoms with Gasteiger partial charge in [-0.3, -0.25) is 4.79 Å². The summed E-state index contributed by atoms with van der Waals surface area (Å²) in [5, 5.41) is 16.7. The zero-order chi connectivity index (χ0) is 16.5. The average molecular weight is 363 g/mol. The van der Waals surface area contributed by atoms with Crippen LogP contribution in [0.2, 0.25) is 5.02 Å². The molecule has 2 aliphatic heterocycles. The molecule has 2 atom stereocenters. The van der Waals surface area contributed by atoms with Crippen molar-refractivity contribution in [1.82, 2.24) is 15.5 Å². The smallest absolute Gasteiger partial charge is 0.226 e. The second-order valence-electron chi connectivity index (χ2n) is 6.65. The summed E-state index contributed by atoms with van der Waals surface area (Å²) in [6.45, 7) is 0. The van der Waals surface area contributed by atoms with Crippen LogP contribution >= 0.6 is 22.9 Å². The lowest BCUT2D eigenvalue weighted by molar-refractivity contribution is -0.117. The predicted octanol–water partition coefficient (Wildman–Crippen LogP) is 3.72. The summed E-state index contributed by atoms with van der Waals surface area (Å²) >= 11 is 7.38. The number of benzene rings is 1. The minimum absolute atomic E-state index is 0.0371. The first-order valence-corrected chi connectivity index (χ1v) is 9.50. The van der Waals surface area contributed by atoms with Crippen LogP contribution < -0.4 is 10.6 Å². The number of piperidine rings is 1. The van der Waals surface area contributed by atoms with Gasteiger partial charge in [-0.1, -0.05) is 35.1 Å². The molecule has 2 unspecified atom stereocenters. The number of nitrogens with one attached hydrogen (secondary N) is 2. The van der Waals surface area contributed by atoms with Crippen LogP contribution in [-0.2, 0) is 4.79 Å². The SMILES string of the molecule is O=C(CC1CC2CCC(C1)N2)Nc1nnc(-c2cccc(Cl)c2)s1. The number of fused-ring (bicyclic) bond motifs is 2. The zero-order valence-corrected chi connectivity index (χ0v) is 14.7. The van der Waals surface area contributed by atoms with E-state index in [2.05, 4.69) is 20.8 Å². The third kappa shape index (κ3) is 3.61. The Bertz CT molecular complexity index is 738. The molecule has 0 saturated carbocycles. The summed E-state index contributed by atoms with van der Waals surface area (Å²) < 4.78 is 0. The maximum absolute atomic E-state index is 12.3. The molecule has 2 saturated heterocycles. The number of rotatable bonds is 4. The van der Waals surface area contributed by atoms with Gasteiger partial charge < -0.3 is 10.6 Å². The molecule has 0 aliphatic carbocycles. The Morgan fingerprint density at radius 2 is 2.08 bits per heavy atom. The molecule has 2 fully saturated rings. The Morgan fingerprint density at radius 3 is 2.83 bits per heavy atom. The van der Waals surface area contributed by atoms with Crippen LogP contribution in [0.3, 0.4) is 0 Å². The van der Waals surface area contributed by atoms with Gasteiger partial charge in [-0.2, -0.15) is 0 Å². The maximum atomic E-state index is 12.3. The van der Waals surface area contributed by atoms with E-state index in [0.717, 1.165) is 23.4 Å². The quantitative estimate of drug-likeness (QED) is 0.869. The summed E-state index contributed by atoms with van der Waals surface area (Å²) in [7, 11) is 0. The van der Waals surface area contributed by atoms with Crippen LogP contribution in [0.25, 0.3) is 10.6 Å². The van der Waals surface area contributed by atoms with Crippen LogP contribution in [-0.4, -0.2) is 28.2 Å². The number of hydrogen-bond donors (Lipinski definition) is 2. The van der Waals surface area contributed by atoms with Gasteiger partial charge in [0.05, 0.1) is 0 Å². The summed E-state index contributed by atoms with van der Waals surface area (Å²) in [6.07, 6.45) is 5.28. The van der Waals surface area contributed by atoms with Crippen LogP contribution in [0, 0.1) is 5.92 Å². The van der Waals surface area contributed by atoms with Gasteiger partial charge in [0.25, 0.3) is 0 Å². The fourth-order valence-electron chi connectivity index (χ4n) is 3.79. The minimum atomic E-state index is 0.0371. The van der Waals surface area contributed by atoms with Gasteiger partial charge in [0, 0.05) is 29.1 Å². The second kappa shape index (κ2) is 6.78. The number of carbonyl (C=O) groups excluding carboxylic acids is 1. The van der Waals surface area contributed by atoms with E-state index >= 15 is 0 Å². The molecule has 5 nitrogen and oxygen atoms in total. The molecular formula is C17H19ClN4OS. The molecule has 24 heavy (non-hydrogen) atoms. The molecule has 1 aromatic heterocycles. The van der Waals surface area contributed by atoms with E-state index in [4.69, 9.17) is 11.6 Å². The highest BCUT2D eigenvalue weighted by Crippen LogP contribution is 2.33. The fraction of sp³-hybridized carbons (Fsp3) is 0.471. The lowest BCUT2D eigenvalue weighted by atomic mass is 9.89. The first-order valence-electron chi connectivity index (χ1n) is 8.31. The Kier molecular flexibility index (Phi) is 4.52. The van der Waals surface area contributed by atoms with Gasteiger partial charge in [-0.15, -0.1) is 10.2 Å². The van der Waals surface area contributed by atoms with Crippen molar-refractivity contribution >= 4 is 34.0 Å². The van der Waals surface area contributed by atoms with Gasteiger partial charge in [0.2, 0.25) is 11.0 Å². The highest BCUT2D eigenvalue weighted by molar-refractivity contribution is 7.18. The van der Waals surface area contributed by atoms with Gasteiger partial charge in [0.1, 0.15) is 5.01 Å². The third-order valence-electron chi connectivity index (χ3n) is 4.79. The third-order valence-corrected chi connectivity index (χ3v) is 5.91. The molecule has 2 bridgehead atoms. The lowest BCUT2D eigenvalue weighted by Gasteiger charge is -2.28.